The van der Waals surface area contributed by atoms with Gasteiger partial charge in [0.1, 0.15) is 18.2 Å². The molecule has 0 saturated heterocycles. The Morgan fingerprint density at radius 3 is 2.82 bits per heavy atom. The van der Waals surface area contributed by atoms with Crippen molar-refractivity contribution in [3.8, 4) is 5.75 Å². The third kappa shape index (κ3) is 4.03. The molecule has 0 aliphatic rings. The highest BCUT2D eigenvalue weighted by molar-refractivity contribution is 6.00. The van der Waals surface area contributed by atoms with Crippen molar-refractivity contribution in [2.45, 2.75) is 13.8 Å². The largest absolute Gasteiger partial charge is 0.490 e. The fourth-order valence-electron chi connectivity index (χ4n) is 1.32. The lowest BCUT2D eigenvalue weighted by Crippen LogP contribution is -2.09. The second-order valence-corrected chi connectivity index (χ2v) is 3.37. The number of nitrogens with zero attached hydrogens (tertiary/aromatic N) is 1. The number of hydrogen-bond donors (Lipinski definition) is 1. The second kappa shape index (κ2) is 6.85. The molecule has 0 amide bonds. The van der Waals surface area contributed by atoms with Gasteiger partial charge < -0.3 is 14.7 Å². The average molecular weight is 241 g/mol. The van der Waals surface area contributed by atoms with Crippen molar-refractivity contribution in [3.63, 3.8) is 0 Å². The normalized spacial score (nSPS) is 11.6. The third-order valence-corrected chi connectivity index (χ3v) is 2.17. The third-order valence-electron chi connectivity index (χ3n) is 2.17. The van der Waals surface area contributed by atoms with Crippen LogP contribution in [0.4, 0.5) is 4.39 Å². The van der Waals surface area contributed by atoms with E-state index in [1.54, 1.807) is 6.92 Å². The summed E-state index contributed by atoms with van der Waals surface area (Å²) in [6.45, 7) is 4.92. The Morgan fingerprint density at radius 1 is 1.41 bits per heavy atom. The van der Waals surface area contributed by atoms with Crippen LogP contribution in [0.3, 0.4) is 0 Å². The number of hydrogen-bond acceptors (Lipinski definition) is 4. The number of oxime groups is 1. The van der Waals surface area contributed by atoms with Gasteiger partial charge in [0.05, 0.1) is 12.3 Å². The van der Waals surface area contributed by atoms with Crippen LogP contribution in [0.25, 0.3) is 0 Å². The van der Waals surface area contributed by atoms with Crippen molar-refractivity contribution in [3.05, 3.63) is 29.6 Å². The topological polar surface area (TPSA) is 51.0 Å². The van der Waals surface area contributed by atoms with Gasteiger partial charge in [0.15, 0.2) is 0 Å². The Hall–Kier alpha value is -1.62. The van der Waals surface area contributed by atoms with Gasteiger partial charge in [-0.25, -0.2) is 4.39 Å². The summed E-state index contributed by atoms with van der Waals surface area (Å²) in [7, 11) is 0. The molecule has 5 heteroatoms. The first-order chi connectivity index (χ1) is 8.19. The molecule has 0 aliphatic carbocycles. The lowest BCUT2D eigenvalue weighted by Gasteiger charge is -2.10. The molecule has 0 heterocycles. The van der Waals surface area contributed by atoms with E-state index in [9.17, 15) is 4.39 Å². The zero-order valence-corrected chi connectivity index (χ0v) is 9.94. The molecule has 0 radical (unpaired) electrons. The quantitative estimate of drug-likeness (QED) is 0.360. The number of halogens is 1. The van der Waals surface area contributed by atoms with Gasteiger partial charge in [-0.05, 0) is 32.0 Å². The summed E-state index contributed by atoms with van der Waals surface area (Å²) < 4.78 is 23.6. The van der Waals surface area contributed by atoms with Crippen LogP contribution in [0.5, 0.6) is 5.75 Å². The average Bonchev–Trinajstić information content (AvgIpc) is 2.35. The van der Waals surface area contributed by atoms with Crippen LogP contribution < -0.4 is 4.74 Å². The van der Waals surface area contributed by atoms with Crippen molar-refractivity contribution in [1.29, 1.82) is 0 Å². The fourth-order valence-corrected chi connectivity index (χ4v) is 1.32. The van der Waals surface area contributed by atoms with E-state index in [1.165, 1.54) is 18.2 Å². The standard InChI is InChI=1S/C12H16FNO3/c1-3-16-6-7-17-12-5-4-10(13)8-11(12)9(2)14-15/h4-5,8,15H,3,6-7H2,1-2H3. The van der Waals surface area contributed by atoms with Crippen molar-refractivity contribution < 1.29 is 19.1 Å². The molecule has 1 N–H and O–H groups in total. The van der Waals surface area contributed by atoms with E-state index in [0.29, 0.717) is 36.8 Å². The molecule has 0 aliphatic heterocycles. The van der Waals surface area contributed by atoms with Gasteiger partial charge in [0.25, 0.3) is 0 Å². The number of benzene rings is 1. The SMILES string of the molecule is CCOCCOc1ccc(F)cc1C(C)=NO. The Balaban J connectivity index is 2.76. The van der Waals surface area contributed by atoms with E-state index >= 15 is 0 Å². The van der Waals surface area contributed by atoms with Crippen molar-refractivity contribution in [1.82, 2.24) is 0 Å². The van der Waals surface area contributed by atoms with Gasteiger partial charge in [0.2, 0.25) is 0 Å². The van der Waals surface area contributed by atoms with Crippen molar-refractivity contribution in [2.24, 2.45) is 5.16 Å². The van der Waals surface area contributed by atoms with E-state index in [4.69, 9.17) is 14.7 Å². The highest BCUT2D eigenvalue weighted by Gasteiger charge is 2.09. The zero-order valence-electron chi connectivity index (χ0n) is 9.94. The van der Waals surface area contributed by atoms with Gasteiger partial charge in [-0.1, -0.05) is 5.16 Å². The molecular formula is C12H16FNO3. The maximum Gasteiger partial charge on any atom is 0.128 e. The Labute approximate surface area is 99.7 Å². The molecule has 0 bridgehead atoms. The van der Waals surface area contributed by atoms with Crippen molar-refractivity contribution in [2.75, 3.05) is 19.8 Å². The number of rotatable bonds is 6. The lowest BCUT2D eigenvalue weighted by molar-refractivity contribution is 0.110. The second-order valence-electron chi connectivity index (χ2n) is 3.37. The molecule has 0 atom stereocenters. The van der Waals surface area contributed by atoms with Crippen LogP contribution in [-0.4, -0.2) is 30.7 Å². The molecule has 0 unspecified atom stereocenters. The minimum Gasteiger partial charge on any atom is -0.490 e. The van der Waals surface area contributed by atoms with Crippen LogP contribution in [0, 0.1) is 5.82 Å². The lowest BCUT2D eigenvalue weighted by atomic mass is 10.1. The van der Waals surface area contributed by atoms with E-state index in [1.807, 2.05) is 6.92 Å². The van der Waals surface area contributed by atoms with Crippen LogP contribution in [0.15, 0.2) is 23.4 Å². The molecule has 1 rings (SSSR count). The van der Waals surface area contributed by atoms with E-state index in [0.717, 1.165) is 0 Å². The number of ether oxygens (including phenoxy) is 2. The summed E-state index contributed by atoms with van der Waals surface area (Å²) in [4.78, 5) is 0. The highest BCUT2D eigenvalue weighted by atomic mass is 19.1. The van der Waals surface area contributed by atoms with E-state index in [2.05, 4.69) is 5.16 Å². The zero-order chi connectivity index (χ0) is 12.7. The first kappa shape index (κ1) is 13.4. The predicted molar refractivity (Wildman–Crippen MR) is 62.4 cm³/mol. The van der Waals surface area contributed by atoms with Crippen LogP contribution in [0.1, 0.15) is 19.4 Å². The minimum absolute atomic E-state index is 0.302. The van der Waals surface area contributed by atoms with Gasteiger partial charge in [-0.2, -0.15) is 0 Å². The molecule has 1 aromatic rings. The molecule has 0 saturated carbocycles. The van der Waals surface area contributed by atoms with Crippen LogP contribution >= 0.6 is 0 Å². The Bertz CT molecular complexity index is 393. The van der Waals surface area contributed by atoms with E-state index in [-0.39, 0.29) is 0 Å². The van der Waals surface area contributed by atoms with Gasteiger partial charge in [-0.15, -0.1) is 0 Å². The predicted octanol–water partition coefficient (Wildman–Crippen LogP) is 2.44. The molecule has 4 nitrogen and oxygen atoms in total. The maximum atomic E-state index is 13.1. The Morgan fingerprint density at radius 2 is 2.18 bits per heavy atom. The Kier molecular flexibility index (Phi) is 5.42. The molecular weight excluding hydrogens is 225 g/mol. The van der Waals surface area contributed by atoms with Crippen molar-refractivity contribution >= 4 is 5.71 Å². The molecule has 94 valence electrons. The maximum absolute atomic E-state index is 13.1. The van der Waals surface area contributed by atoms with E-state index < -0.39 is 5.82 Å². The van der Waals surface area contributed by atoms with Crippen LogP contribution in [0.2, 0.25) is 0 Å². The fraction of sp³-hybridized carbons (Fsp3) is 0.417. The monoisotopic (exact) mass is 241 g/mol. The summed E-state index contributed by atoms with van der Waals surface area (Å²) in [5.74, 6) is 0.0709. The first-order valence-electron chi connectivity index (χ1n) is 5.38. The summed E-state index contributed by atoms with van der Waals surface area (Å²) in [6.07, 6.45) is 0. The summed E-state index contributed by atoms with van der Waals surface area (Å²) in [6, 6.07) is 4.07. The summed E-state index contributed by atoms with van der Waals surface area (Å²) in [5, 5.41) is 11.7. The van der Waals surface area contributed by atoms with Crippen LogP contribution in [-0.2, 0) is 4.74 Å². The smallest absolute Gasteiger partial charge is 0.128 e. The molecule has 0 spiro atoms. The molecule has 1 aromatic carbocycles. The summed E-state index contributed by atoms with van der Waals surface area (Å²) >= 11 is 0. The molecule has 0 fully saturated rings. The minimum atomic E-state index is -0.403. The first-order valence-corrected chi connectivity index (χ1v) is 5.38. The van der Waals surface area contributed by atoms with Gasteiger partial charge >= 0.3 is 0 Å². The highest BCUT2D eigenvalue weighted by Crippen LogP contribution is 2.20. The van der Waals surface area contributed by atoms with Gasteiger partial charge in [-0.3, -0.25) is 0 Å². The summed E-state index contributed by atoms with van der Waals surface area (Å²) in [5.41, 5.74) is 0.736. The van der Waals surface area contributed by atoms with Gasteiger partial charge in [0, 0.05) is 12.2 Å². The molecule has 0 aromatic heterocycles. The molecule has 17 heavy (non-hydrogen) atoms.